The predicted molar refractivity (Wildman–Crippen MR) is 50.4 cm³/mol. The number of hydrogen-bond acceptors (Lipinski definition) is 3. The fraction of sp³-hybridized carbons (Fsp3) is 0.300. The van der Waals surface area contributed by atoms with Gasteiger partial charge in [0.2, 0.25) is 0 Å². The maximum absolute atomic E-state index is 10.2. The maximum Gasteiger partial charge on any atom is 0.303 e. The second-order valence-corrected chi connectivity index (χ2v) is 2.64. The van der Waals surface area contributed by atoms with Gasteiger partial charge in [0.25, 0.3) is 0 Å². The molecule has 0 amide bonds. The van der Waals surface area contributed by atoms with Gasteiger partial charge < -0.3 is 5.11 Å². The third-order valence-corrected chi connectivity index (χ3v) is 1.49. The van der Waals surface area contributed by atoms with Gasteiger partial charge in [-0.15, -0.1) is 0 Å². The molecule has 0 bridgehead atoms. The molecule has 4 heteroatoms. The minimum atomic E-state index is -0.783. The lowest BCUT2D eigenvalue weighted by Crippen LogP contribution is -1.92. The van der Waals surface area contributed by atoms with E-state index in [1.165, 1.54) is 6.33 Å². The number of hydrogen-bond donors (Lipinski definition) is 1. The van der Waals surface area contributed by atoms with Gasteiger partial charge >= 0.3 is 5.97 Å². The maximum atomic E-state index is 10.2. The summed E-state index contributed by atoms with van der Waals surface area (Å²) >= 11 is 0. The Morgan fingerprint density at radius 2 is 2.43 bits per heavy atom. The second kappa shape index (κ2) is 5.70. The standard InChI is InChI=1S/C10H10N2O2/c13-10(14)5-3-1-2-4-9-6-7-11-8-12-9/h6-8H,1,3,5H2,(H,13,14). The topological polar surface area (TPSA) is 63.1 Å². The monoisotopic (exact) mass is 190 g/mol. The highest BCUT2D eigenvalue weighted by molar-refractivity contribution is 5.66. The molecule has 1 aromatic heterocycles. The quantitative estimate of drug-likeness (QED) is 0.572. The van der Waals surface area contributed by atoms with Crippen LogP contribution >= 0.6 is 0 Å². The number of carboxylic acid groups (broad SMARTS) is 1. The van der Waals surface area contributed by atoms with Crippen molar-refractivity contribution >= 4 is 5.97 Å². The van der Waals surface area contributed by atoms with Gasteiger partial charge in [0, 0.05) is 19.0 Å². The summed E-state index contributed by atoms with van der Waals surface area (Å²) in [6, 6.07) is 1.71. The first-order valence-corrected chi connectivity index (χ1v) is 4.26. The summed E-state index contributed by atoms with van der Waals surface area (Å²) in [5.74, 6) is 4.89. The molecule has 0 spiro atoms. The van der Waals surface area contributed by atoms with Crippen molar-refractivity contribution in [1.29, 1.82) is 0 Å². The van der Waals surface area contributed by atoms with Gasteiger partial charge in [0.05, 0.1) is 0 Å². The molecule has 0 aliphatic rings. The van der Waals surface area contributed by atoms with E-state index in [0.717, 1.165) is 0 Å². The zero-order valence-corrected chi connectivity index (χ0v) is 7.60. The van der Waals surface area contributed by atoms with Gasteiger partial charge in [-0.25, -0.2) is 9.97 Å². The van der Waals surface area contributed by atoms with Gasteiger partial charge in [0.15, 0.2) is 0 Å². The second-order valence-electron chi connectivity index (χ2n) is 2.64. The molecule has 0 radical (unpaired) electrons. The summed E-state index contributed by atoms with van der Waals surface area (Å²) in [6.45, 7) is 0. The van der Waals surface area contributed by atoms with E-state index in [4.69, 9.17) is 5.11 Å². The summed E-state index contributed by atoms with van der Waals surface area (Å²) in [5.41, 5.74) is 0.662. The Morgan fingerprint density at radius 1 is 1.57 bits per heavy atom. The lowest BCUT2D eigenvalue weighted by Gasteiger charge is -1.88. The first-order valence-electron chi connectivity index (χ1n) is 4.26. The zero-order chi connectivity index (χ0) is 10.2. The summed E-state index contributed by atoms with van der Waals surface area (Å²) < 4.78 is 0. The van der Waals surface area contributed by atoms with E-state index in [2.05, 4.69) is 21.8 Å². The molecular weight excluding hydrogens is 180 g/mol. The number of nitrogens with zero attached hydrogens (tertiary/aromatic N) is 2. The average molecular weight is 190 g/mol. The van der Waals surface area contributed by atoms with Gasteiger partial charge in [0.1, 0.15) is 12.0 Å². The van der Waals surface area contributed by atoms with Crippen LogP contribution in [0.15, 0.2) is 18.6 Å². The van der Waals surface area contributed by atoms with Crippen LogP contribution in [0.2, 0.25) is 0 Å². The van der Waals surface area contributed by atoms with Crippen molar-refractivity contribution in [2.24, 2.45) is 0 Å². The molecule has 1 rings (SSSR count). The normalized spacial score (nSPS) is 8.86. The molecule has 1 heterocycles. The molecule has 0 aromatic carbocycles. The summed E-state index contributed by atoms with van der Waals surface area (Å²) in [6.07, 6.45) is 4.37. The molecule has 4 nitrogen and oxygen atoms in total. The van der Waals surface area contributed by atoms with Gasteiger partial charge in [-0.05, 0) is 18.4 Å². The van der Waals surface area contributed by atoms with Crippen LogP contribution in [-0.2, 0) is 4.79 Å². The molecule has 0 saturated carbocycles. The van der Waals surface area contributed by atoms with Crippen molar-refractivity contribution in [1.82, 2.24) is 9.97 Å². The fourth-order valence-corrected chi connectivity index (χ4v) is 0.846. The number of carbonyl (C=O) groups is 1. The molecule has 0 saturated heterocycles. The van der Waals surface area contributed by atoms with Crippen LogP contribution in [0, 0.1) is 11.8 Å². The zero-order valence-electron chi connectivity index (χ0n) is 7.60. The van der Waals surface area contributed by atoms with Crippen LogP contribution in [-0.4, -0.2) is 21.0 Å². The van der Waals surface area contributed by atoms with Gasteiger partial charge in [-0.2, -0.15) is 0 Å². The highest BCUT2D eigenvalue weighted by atomic mass is 16.4. The number of aliphatic carboxylic acids is 1. The largest absolute Gasteiger partial charge is 0.481 e. The van der Waals surface area contributed by atoms with E-state index < -0.39 is 5.97 Å². The lowest BCUT2D eigenvalue weighted by molar-refractivity contribution is -0.137. The van der Waals surface area contributed by atoms with Crippen LogP contribution in [0.4, 0.5) is 0 Å². The molecule has 0 fully saturated rings. The molecule has 0 aliphatic heterocycles. The van der Waals surface area contributed by atoms with Crippen molar-refractivity contribution in [2.75, 3.05) is 0 Å². The average Bonchev–Trinajstić information content (AvgIpc) is 2.18. The van der Waals surface area contributed by atoms with Crippen LogP contribution in [0.3, 0.4) is 0 Å². The third kappa shape index (κ3) is 4.21. The van der Waals surface area contributed by atoms with Crippen LogP contribution in [0.5, 0.6) is 0 Å². The molecule has 1 N–H and O–H groups in total. The van der Waals surface area contributed by atoms with Crippen molar-refractivity contribution in [3.05, 3.63) is 24.3 Å². The van der Waals surface area contributed by atoms with E-state index in [1.807, 2.05) is 0 Å². The molecule has 0 atom stereocenters. The Balaban J connectivity index is 2.31. The van der Waals surface area contributed by atoms with Crippen molar-refractivity contribution in [2.45, 2.75) is 19.3 Å². The minimum Gasteiger partial charge on any atom is -0.481 e. The van der Waals surface area contributed by atoms with E-state index in [9.17, 15) is 4.79 Å². The first-order chi connectivity index (χ1) is 6.79. The smallest absolute Gasteiger partial charge is 0.303 e. The Bertz CT molecular complexity index is 351. The Hall–Kier alpha value is -1.89. The molecule has 0 unspecified atom stereocenters. The summed E-state index contributed by atoms with van der Waals surface area (Å²) in [7, 11) is 0. The SMILES string of the molecule is O=C(O)CCCC#Cc1ccncn1. The van der Waals surface area contributed by atoms with Crippen LogP contribution in [0.25, 0.3) is 0 Å². The van der Waals surface area contributed by atoms with E-state index in [1.54, 1.807) is 12.3 Å². The molecule has 1 aromatic rings. The van der Waals surface area contributed by atoms with Gasteiger partial charge in [-0.1, -0.05) is 5.92 Å². The molecule has 0 aliphatic carbocycles. The van der Waals surface area contributed by atoms with Crippen molar-refractivity contribution in [3.63, 3.8) is 0 Å². The Labute approximate surface area is 82.0 Å². The first kappa shape index (κ1) is 10.2. The van der Waals surface area contributed by atoms with Crippen LogP contribution < -0.4 is 0 Å². The predicted octanol–water partition coefficient (Wildman–Crippen LogP) is 1.08. The number of unbranched alkanes of at least 4 members (excludes halogenated alkanes) is 1. The Morgan fingerprint density at radius 3 is 3.07 bits per heavy atom. The van der Waals surface area contributed by atoms with E-state index in [-0.39, 0.29) is 6.42 Å². The summed E-state index contributed by atoms with van der Waals surface area (Å²) in [5, 5.41) is 8.36. The Kier molecular flexibility index (Phi) is 4.15. The highest BCUT2D eigenvalue weighted by Gasteiger charge is 1.93. The lowest BCUT2D eigenvalue weighted by atomic mass is 10.2. The van der Waals surface area contributed by atoms with E-state index >= 15 is 0 Å². The molecule has 14 heavy (non-hydrogen) atoms. The van der Waals surface area contributed by atoms with Crippen molar-refractivity contribution < 1.29 is 9.90 Å². The van der Waals surface area contributed by atoms with Crippen LogP contribution in [0.1, 0.15) is 25.0 Å². The third-order valence-electron chi connectivity index (χ3n) is 1.49. The minimum absolute atomic E-state index is 0.165. The van der Waals surface area contributed by atoms with E-state index in [0.29, 0.717) is 18.5 Å². The van der Waals surface area contributed by atoms with Crippen molar-refractivity contribution in [3.8, 4) is 11.8 Å². The highest BCUT2D eigenvalue weighted by Crippen LogP contribution is 1.94. The molecular formula is C10H10N2O2. The number of aromatic nitrogens is 2. The number of carboxylic acids is 1. The summed E-state index contributed by atoms with van der Waals surface area (Å²) in [4.78, 5) is 17.8. The van der Waals surface area contributed by atoms with Gasteiger partial charge in [-0.3, -0.25) is 4.79 Å². The fourth-order valence-electron chi connectivity index (χ4n) is 0.846. The number of rotatable bonds is 3. The molecule has 72 valence electrons.